The first-order valence-corrected chi connectivity index (χ1v) is 8.86. The third kappa shape index (κ3) is 5.52. The van der Waals surface area contributed by atoms with E-state index in [1.165, 1.54) is 18.2 Å². The van der Waals surface area contributed by atoms with E-state index in [0.717, 1.165) is 5.56 Å². The molecule has 0 saturated heterocycles. The average molecular weight is 394 g/mol. The van der Waals surface area contributed by atoms with Crippen LogP contribution in [0, 0.1) is 10.1 Å². The molecule has 8 heteroatoms. The van der Waals surface area contributed by atoms with Gasteiger partial charge in [-0.2, -0.15) is 0 Å². The first-order chi connectivity index (χ1) is 14.0. The highest BCUT2D eigenvalue weighted by atomic mass is 16.6. The van der Waals surface area contributed by atoms with Gasteiger partial charge in [0.25, 0.3) is 11.6 Å². The molecule has 3 rings (SSSR count). The number of hydrogen-bond donors (Lipinski definition) is 1. The van der Waals surface area contributed by atoms with Crippen molar-refractivity contribution in [2.24, 2.45) is 0 Å². The van der Waals surface area contributed by atoms with Crippen molar-refractivity contribution >= 4 is 23.3 Å². The lowest BCUT2D eigenvalue weighted by Gasteiger charge is -2.06. The molecule has 2 aromatic carbocycles. The fourth-order valence-corrected chi connectivity index (χ4v) is 2.64. The highest BCUT2D eigenvalue weighted by Crippen LogP contribution is 2.23. The third-order valence-electron chi connectivity index (χ3n) is 4.03. The average Bonchev–Trinajstić information content (AvgIpc) is 3.21. The van der Waals surface area contributed by atoms with Crippen LogP contribution in [-0.2, 0) is 20.7 Å². The summed E-state index contributed by atoms with van der Waals surface area (Å²) in [5.41, 5.74) is 0.745. The number of amides is 1. The summed E-state index contributed by atoms with van der Waals surface area (Å²) in [6.07, 6.45) is 0.373. The summed E-state index contributed by atoms with van der Waals surface area (Å²) in [5, 5.41) is 13.3. The number of furan rings is 1. The molecule has 0 saturated carbocycles. The SMILES string of the molecule is O=C(COC(=O)CCc1ccc(-c2ccccc2)o1)Nc1ccccc1[N+](=O)[O-]. The topological polar surface area (TPSA) is 112 Å². The number of nitro groups is 1. The Balaban J connectivity index is 1.45. The second-order valence-electron chi connectivity index (χ2n) is 6.12. The predicted molar refractivity (Wildman–Crippen MR) is 105 cm³/mol. The summed E-state index contributed by atoms with van der Waals surface area (Å²) < 4.78 is 10.6. The second-order valence-corrected chi connectivity index (χ2v) is 6.12. The van der Waals surface area contributed by atoms with Crippen LogP contribution in [-0.4, -0.2) is 23.4 Å². The van der Waals surface area contributed by atoms with Crippen LogP contribution in [0.4, 0.5) is 11.4 Å². The number of nitro benzene ring substituents is 1. The molecule has 1 aromatic heterocycles. The molecule has 148 valence electrons. The minimum Gasteiger partial charge on any atom is -0.461 e. The van der Waals surface area contributed by atoms with Crippen LogP contribution in [0.25, 0.3) is 11.3 Å². The molecule has 3 aromatic rings. The molecule has 1 amide bonds. The number of esters is 1. The number of benzene rings is 2. The van der Waals surface area contributed by atoms with E-state index in [1.807, 2.05) is 36.4 Å². The quantitative estimate of drug-likeness (QED) is 0.351. The normalized spacial score (nSPS) is 10.3. The number of hydrogen-bond acceptors (Lipinski definition) is 6. The van der Waals surface area contributed by atoms with Crippen LogP contribution >= 0.6 is 0 Å². The van der Waals surface area contributed by atoms with Gasteiger partial charge in [0.15, 0.2) is 6.61 Å². The highest BCUT2D eigenvalue weighted by molar-refractivity contribution is 5.94. The number of rotatable bonds is 8. The second kappa shape index (κ2) is 9.32. The van der Waals surface area contributed by atoms with Gasteiger partial charge in [-0.05, 0) is 18.2 Å². The van der Waals surface area contributed by atoms with Gasteiger partial charge in [0.2, 0.25) is 0 Å². The summed E-state index contributed by atoms with van der Waals surface area (Å²) in [6.45, 7) is -0.529. The number of carbonyl (C=O) groups excluding carboxylic acids is 2. The van der Waals surface area contributed by atoms with Gasteiger partial charge < -0.3 is 14.5 Å². The summed E-state index contributed by atoms with van der Waals surface area (Å²) in [5.74, 6) is 0.111. The smallest absolute Gasteiger partial charge is 0.306 e. The van der Waals surface area contributed by atoms with Crippen LogP contribution in [0.5, 0.6) is 0 Å². The Bertz CT molecular complexity index is 1010. The molecular formula is C21H18N2O6. The molecule has 1 heterocycles. The Hall–Kier alpha value is -3.94. The van der Waals surface area contributed by atoms with Crippen molar-refractivity contribution in [2.45, 2.75) is 12.8 Å². The van der Waals surface area contributed by atoms with Gasteiger partial charge in [0, 0.05) is 18.1 Å². The van der Waals surface area contributed by atoms with Gasteiger partial charge in [-0.3, -0.25) is 19.7 Å². The maximum absolute atomic E-state index is 11.9. The van der Waals surface area contributed by atoms with Crippen LogP contribution in [0.15, 0.2) is 71.1 Å². The summed E-state index contributed by atoms with van der Waals surface area (Å²) in [4.78, 5) is 34.1. The number of nitrogens with zero attached hydrogens (tertiary/aromatic N) is 1. The fraction of sp³-hybridized carbons (Fsp3) is 0.143. The van der Waals surface area contributed by atoms with Gasteiger partial charge in [-0.25, -0.2) is 0 Å². The lowest BCUT2D eigenvalue weighted by atomic mass is 10.2. The van der Waals surface area contributed by atoms with Gasteiger partial charge in [0.1, 0.15) is 17.2 Å². The van der Waals surface area contributed by atoms with E-state index >= 15 is 0 Å². The van der Waals surface area contributed by atoms with Crippen molar-refractivity contribution in [3.05, 3.63) is 82.6 Å². The Morgan fingerprint density at radius 2 is 1.72 bits per heavy atom. The first kappa shape index (κ1) is 19.8. The monoisotopic (exact) mass is 394 g/mol. The molecule has 0 radical (unpaired) electrons. The fourth-order valence-electron chi connectivity index (χ4n) is 2.64. The highest BCUT2D eigenvalue weighted by Gasteiger charge is 2.16. The van der Waals surface area contributed by atoms with Crippen molar-refractivity contribution in [3.8, 4) is 11.3 Å². The number of aryl methyl sites for hydroxylation is 1. The molecule has 0 atom stereocenters. The summed E-state index contributed by atoms with van der Waals surface area (Å²) in [6, 6.07) is 18.9. The Kier molecular flexibility index (Phi) is 6.36. The number of ether oxygens (including phenoxy) is 1. The summed E-state index contributed by atoms with van der Waals surface area (Å²) in [7, 11) is 0. The van der Waals surface area contributed by atoms with Gasteiger partial charge in [0.05, 0.1) is 11.3 Å². The van der Waals surface area contributed by atoms with Crippen LogP contribution in [0.2, 0.25) is 0 Å². The minimum atomic E-state index is -0.656. The number of anilines is 1. The van der Waals surface area contributed by atoms with E-state index in [1.54, 1.807) is 12.1 Å². The molecular weight excluding hydrogens is 376 g/mol. The van der Waals surface area contributed by atoms with Gasteiger partial charge in [-0.1, -0.05) is 42.5 Å². The van der Waals surface area contributed by atoms with Crippen molar-refractivity contribution in [3.63, 3.8) is 0 Å². The largest absolute Gasteiger partial charge is 0.461 e. The molecule has 8 nitrogen and oxygen atoms in total. The molecule has 29 heavy (non-hydrogen) atoms. The predicted octanol–water partition coefficient (Wildman–Crippen LogP) is 3.97. The molecule has 1 N–H and O–H groups in total. The van der Waals surface area contributed by atoms with E-state index in [0.29, 0.717) is 17.9 Å². The number of nitrogens with one attached hydrogen (secondary N) is 1. The van der Waals surface area contributed by atoms with Crippen molar-refractivity contribution in [2.75, 3.05) is 11.9 Å². The summed E-state index contributed by atoms with van der Waals surface area (Å²) >= 11 is 0. The lowest BCUT2D eigenvalue weighted by Crippen LogP contribution is -2.21. The molecule has 0 bridgehead atoms. The van der Waals surface area contributed by atoms with E-state index in [9.17, 15) is 19.7 Å². The van der Waals surface area contributed by atoms with Crippen molar-refractivity contribution < 1.29 is 23.7 Å². The molecule has 0 aliphatic carbocycles. The van der Waals surface area contributed by atoms with Gasteiger partial charge in [-0.15, -0.1) is 0 Å². The van der Waals surface area contributed by atoms with Crippen molar-refractivity contribution in [1.82, 2.24) is 0 Å². The maximum Gasteiger partial charge on any atom is 0.306 e. The lowest BCUT2D eigenvalue weighted by molar-refractivity contribution is -0.383. The Morgan fingerprint density at radius 3 is 2.48 bits per heavy atom. The maximum atomic E-state index is 11.9. The first-order valence-electron chi connectivity index (χ1n) is 8.86. The number of carbonyl (C=O) groups is 2. The zero-order valence-electron chi connectivity index (χ0n) is 15.4. The molecule has 0 fully saturated rings. The molecule has 0 aliphatic rings. The van der Waals surface area contributed by atoms with E-state index in [4.69, 9.17) is 9.15 Å². The standard InChI is InChI=1S/C21H18N2O6/c24-20(22-17-8-4-5-9-18(17)23(26)27)14-28-21(25)13-11-16-10-12-19(29-16)15-6-2-1-3-7-15/h1-10,12H,11,13-14H2,(H,22,24). The van der Waals surface area contributed by atoms with E-state index in [-0.39, 0.29) is 17.8 Å². The van der Waals surface area contributed by atoms with Crippen molar-refractivity contribution in [1.29, 1.82) is 0 Å². The Morgan fingerprint density at radius 1 is 1.00 bits per heavy atom. The zero-order chi connectivity index (χ0) is 20.6. The molecule has 0 spiro atoms. The number of para-hydroxylation sites is 2. The molecule has 0 unspecified atom stereocenters. The Labute approximate surface area is 166 Å². The zero-order valence-corrected chi connectivity index (χ0v) is 15.4. The molecule has 0 aliphatic heterocycles. The minimum absolute atomic E-state index is 0.0422. The van der Waals surface area contributed by atoms with Crippen LogP contribution in [0.3, 0.4) is 0 Å². The van der Waals surface area contributed by atoms with Crippen LogP contribution < -0.4 is 5.32 Å². The van der Waals surface area contributed by atoms with E-state index in [2.05, 4.69) is 5.32 Å². The van der Waals surface area contributed by atoms with E-state index < -0.39 is 23.4 Å². The van der Waals surface area contributed by atoms with Crippen LogP contribution in [0.1, 0.15) is 12.2 Å². The van der Waals surface area contributed by atoms with Gasteiger partial charge >= 0.3 is 5.97 Å². The third-order valence-corrected chi connectivity index (χ3v) is 4.03.